The van der Waals surface area contributed by atoms with Crippen molar-refractivity contribution in [2.45, 2.75) is 32.9 Å². The van der Waals surface area contributed by atoms with Gasteiger partial charge in [0.1, 0.15) is 5.82 Å². The molecule has 1 amide bonds. The predicted molar refractivity (Wildman–Crippen MR) is 89.9 cm³/mol. The number of imidazole rings is 1. The number of aromatic nitrogens is 2. The van der Waals surface area contributed by atoms with Crippen LogP contribution in [0.1, 0.15) is 26.1 Å². The number of halogens is 1. The van der Waals surface area contributed by atoms with Crippen LogP contribution in [0.4, 0.5) is 0 Å². The van der Waals surface area contributed by atoms with E-state index < -0.39 is 0 Å². The maximum Gasteiger partial charge on any atom is 0.239 e. The van der Waals surface area contributed by atoms with Crippen LogP contribution in [0.2, 0.25) is 5.02 Å². The Morgan fingerprint density at radius 1 is 1.45 bits per heavy atom. The number of amides is 1. The maximum atomic E-state index is 12.5. The van der Waals surface area contributed by atoms with Gasteiger partial charge in [0.05, 0.1) is 23.6 Å². The summed E-state index contributed by atoms with van der Waals surface area (Å²) in [6.45, 7) is 4.67. The molecule has 0 aliphatic heterocycles. The number of rotatable bonds is 6. The van der Waals surface area contributed by atoms with Crippen molar-refractivity contribution >= 4 is 28.5 Å². The minimum atomic E-state index is -0.163. The summed E-state index contributed by atoms with van der Waals surface area (Å²) in [4.78, 5) is 21.9. The highest BCUT2D eigenvalue weighted by Crippen LogP contribution is 2.18. The first-order valence-electron chi connectivity index (χ1n) is 7.47. The Bertz CT molecular complexity index is 653. The van der Waals surface area contributed by atoms with Crippen LogP contribution < -0.4 is 5.32 Å². The Labute approximate surface area is 136 Å². The molecule has 0 aliphatic carbocycles. The average molecular weight is 323 g/mol. The van der Waals surface area contributed by atoms with Gasteiger partial charge in [-0.15, -0.1) is 0 Å². The molecule has 0 spiro atoms. The molecule has 1 atom stereocenters. The summed E-state index contributed by atoms with van der Waals surface area (Å²) in [6, 6.07) is 5.35. The average Bonchev–Trinajstić information content (AvgIpc) is 2.84. The van der Waals surface area contributed by atoms with Crippen molar-refractivity contribution in [3.8, 4) is 0 Å². The standard InChI is InChI=1S/C16H23ClN4O/c1-10(2)7-14(18-3)16(22)21(4)9-15-19-12-6-5-11(17)8-13(12)20-15/h5-6,8,10,14,18H,7,9H2,1-4H3,(H,19,20)/t14-/m0/s1. The van der Waals surface area contributed by atoms with Gasteiger partial charge in [0.25, 0.3) is 0 Å². The van der Waals surface area contributed by atoms with Crippen LogP contribution in [0.15, 0.2) is 18.2 Å². The molecule has 1 aromatic carbocycles. The van der Waals surface area contributed by atoms with Gasteiger partial charge >= 0.3 is 0 Å². The number of hydrogen-bond acceptors (Lipinski definition) is 3. The lowest BCUT2D eigenvalue weighted by molar-refractivity contribution is -0.133. The van der Waals surface area contributed by atoms with Gasteiger partial charge in [0, 0.05) is 12.1 Å². The molecule has 0 radical (unpaired) electrons. The third-order valence-corrected chi connectivity index (χ3v) is 3.84. The normalized spacial score (nSPS) is 12.8. The fourth-order valence-electron chi connectivity index (χ4n) is 2.49. The monoisotopic (exact) mass is 322 g/mol. The minimum absolute atomic E-state index is 0.0784. The quantitative estimate of drug-likeness (QED) is 0.859. The molecule has 2 rings (SSSR count). The zero-order valence-electron chi connectivity index (χ0n) is 13.5. The van der Waals surface area contributed by atoms with Crippen molar-refractivity contribution in [2.24, 2.45) is 5.92 Å². The maximum absolute atomic E-state index is 12.5. The first-order valence-corrected chi connectivity index (χ1v) is 7.85. The second-order valence-corrected chi connectivity index (χ2v) is 6.45. The molecular weight excluding hydrogens is 300 g/mol. The summed E-state index contributed by atoms with van der Waals surface area (Å²) >= 11 is 5.97. The number of likely N-dealkylation sites (N-methyl/N-ethyl adjacent to an activating group) is 2. The van der Waals surface area contributed by atoms with Crippen LogP contribution in [0.25, 0.3) is 11.0 Å². The number of aromatic amines is 1. The highest BCUT2D eigenvalue weighted by Gasteiger charge is 2.22. The lowest BCUT2D eigenvalue weighted by atomic mass is 10.0. The third kappa shape index (κ3) is 3.99. The second-order valence-electron chi connectivity index (χ2n) is 6.01. The van der Waals surface area contributed by atoms with E-state index >= 15 is 0 Å². The number of benzene rings is 1. The summed E-state index contributed by atoms with van der Waals surface area (Å²) in [5, 5.41) is 3.76. The molecule has 1 aromatic heterocycles. The van der Waals surface area contributed by atoms with E-state index in [4.69, 9.17) is 11.6 Å². The largest absolute Gasteiger partial charge is 0.340 e. The number of fused-ring (bicyclic) bond motifs is 1. The molecule has 0 bridgehead atoms. The Balaban J connectivity index is 2.08. The zero-order valence-corrected chi connectivity index (χ0v) is 14.2. The van der Waals surface area contributed by atoms with E-state index in [1.807, 2.05) is 25.2 Å². The summed E-state index contributed by atoms with van der Waals surface area (Å²) in [7, 11) is 3.62. The van der Waals surface area contributed by atoms with E-state index in [0.29, 0.717) is 17.5 Å². The molecule has 0 unspecified atom stereocenters. The lowest BCUT2D eigenvalue weighted by Gasteiger charge is -2.24. The number of nitrogens with one attached hydrogen (secondary N) is 2. The molecule has 120 valence electrons. The van der Waals surface area contributed by atoms with Crippen LogP contribution in [-0.2, 0) is 11.3 Å². The number of carbonyl (C=O) groups is 1. The van der Waals surface area contributed by atoms with Crippen LogP contribution in [0.3, 0.4) is 0 Å². The fourth-order valence-corrected chi connectivity index (χ4v) is 2.66. The van der Waals surface area contributed by atoms with Gasteiger partial charge in [-0.05, 0) is 37.6 Å². The predicted octanol–water partition coefficient (Wildman–Crippen LogP) is 2.81. The first-order chi connectivity index (χ1) is 10.4. The van der Waals surface area contributed by atoms with E-state index in [-0.39, 0.29) is 11.9 Å². The molecule has 0 saturated heterocycles. The van der Waals surface area contributed by atoms with Gasteiger partial charge in [-0.25, -0.2) is 4.98 Å². The van der Waals surface area contributed by atoms with Crippen molar-refractivity contribution in [2.75, 3.05) is 14.1 Å². The fraction of sp³-hybridized carbons (Fsp3) is 0.500. The molecule has 22 heavy (non-hydrogen) atoms. The Morgan fingerprint density at radius 3 is 2.82 bits per heavy atom. The minimum Gasteiger partial charge on any atom is -0.340 e. The van der Waals surface area contributed by atoms with E-state index in [2.05, 4.69) is 29.1 Å². The van der Waals surface area contributed by atoms with E-state index in [0.717, 1.165) is 23.3 Å². The lowest BCUT2D eigenvalue weighted by Crippen LogP contribution is -2.44. The molecule has 2 N–H and O–H groups in total. The van der Waals surface area contributed by atoms with Gasteiger partial charge < -0.3 is 15.2 Å². The molecule has 5 nitrogen and oxygen atoms in total. The van der Waals surface area contributed by atoms with Gasteiger partial charge in [-0.1, -0.05) is 25.4 Å². The zero-order chi connectivity index (χ0) is 16.3. The number of hydrogen-bond donors (Lipinski definition) is 2. The summed E-state index contributed by atoms with van der Waals surface area (Å²) in [6.07, 6.45) is 0.815. The Morgan fingerprint density at radius 2 is 2.18 bits per heavy atom. The summed E-state index contributed by atoms with van der Waals surface area (Å²) < 4.78 is 0. The van der Waals surface area contributed by atoms with E-state index in [9.17, 15) is 4.79 Å². The Hall–Kier alpha value is -1.59. The topological polar surface area (TPSA) is 61.0 Å². The van der Waals surface area contributed by atoms with Crippen molar-refractivity contribution in [3.63, 3.8) is 0 Å². The van der Waals surface area contributed by atoms with Crippen molar-refractivity contribution in [1.29, 1.82) is 0 Å². The molecular formula is C16H23ClN4O. The van der Waals surface area contributed by atoms with Crippen molar-refractivity contribution < 1.29 is 4.79 Å². The highest BCUT2D eigenvalue weighted by atomic mass is 35.5. The van der Waals surface area contributed by atoms with Crippen molar-refractivity contribution in [1.82, 2.24) is 20.2 Å². The van der Waals surface area contributed by atoms with Crippen LogP contribution >= 0.6 is 11.6 Å². The molecule has 1 heterocycles. The number of H-pyrrole nitrogens is 1. The van der Waals surface area contributed by atoms with Gasteiger partial charge in [-0.2, -0.15) is 0 Å². The van der Waals surface area contributed by atoms with Crippen LogP contribution in [0.5, 0.6) is 0 Å². The number of nitrogens with zero attached hydrogens (tertiary/aromatic N) is 2. The summed E-state index contributed by atoms with van der Waals surface area (Å²) in [5.41, 5.74) is 1.74. The molecule has 2 aromatic rings. The molecule has 0 saturated carbocycles. The van der Waals surface area contributed by atoms with E-state index in [1.54, 1.807) is 11.9 Å². The second kappa shape index (κ2) is 7.11. The third-order valence-electron chi connectivity index (χ3n) is 3.61. The van der Waals surface area contributed by atoms with Crippen LogP contribution in [0, 0.1) is 5.92 Å². The first kappa shape index (κ1) is 16.8. The van der Waals surface area contributed by atoms with Gasteiger partial charge in [0.15, 0.2) is 0 Å². The van der Waals surface area contributed by atoms with Gasteiger partial charge in [0.2, 0.25) is 5.91 Å². The Kier molecular flexibility index (Phi) is 5.42. The number of carbonyl (C=O) groups excluding carboxylic acids is 1. The molecule has 0 fully saturated rings. The SMILES string of the molecule is CN[C@@H](CC(C)C)C(=O)N(C)Cc1nc2ccc(Cl)cc2[nH]1. The highest BCUT2D eigenvalue weighted by molar-refractivity contribution is 6.31. The van der Waals surface area contributed by atoms with Crippen LogP contribution in [-0.4, -0.2) is 40.9 Å². The summed E-state index contributed by atoms with van der Waals surface area (Å²) in [5.74, 6) is 1.30. The van der Waals surface area contributed by atoms with E-state index in [1.165, 1.54) is 0 Å². The molecule has 0 aliphatic rings. The van der Waals surface area contributed by atoms with Gasteiger partial charge in [-0.3, -0.25) is 4.79 Å². The molecule has 6 heteroatoms. The van der Waals surface area contributed by atoms with Crippen molar-refractivity contribution in [3.05, 3.63) is 29.0 Å². The smallest absolute Gasteiger partial charge is 0.239 e.